The summed E-state index contributed by atoms with van der Waals surface area (Å²) < 4.78 is 6.24. The van der Waals surface area contributed by atoms with Crippen LogP contribution in [0.4, 0.5) is 17.1 Å². The molecule has 0 amide bonds. The Kier molecular flexibility index (Phi) is 7.55. The quantitative estimate of drug-likeness (QED) is 0.169. The van der Waals surface area contributed by atoms with E-state index < -0.39 is 0 Å². The predicted octanol–water partition coefficient (Wildman–Crippen LogP) is 15.5. The zero-order valence-electron chi connectivity index (χ0n) is 31.9. The van der Waals surface area contributed by atoms with Crippen LogP contribution in [0.2, 0.25) is 0 Å². The van der Waals surface area contributed by atoms with Crippen LogP contribution in [-0.2, 0) is 5.41 Å². The molecule has 0 N–H and O–H groups in total. The lowest BCUT2D eigenvalue weighted by Gasteiger charge is -2.28. The molecule has 10 aromatic rings. The Morgan fingerprint density at radius 2 is 0.982 bits per heavy atom. The third-order valence-corrected chi connectivity index (χ3v) is 12.1. The minimum Gasteiger partial charge on any atom is -0.456 e. The third-order valence-electron chi connectivity index (χ3n) is 12.1. The Balaban J connectivity index is 1.09. The molecular weight excluding hydrogens is 691 g/mol. The van der Waals surface area contributed by atoms with Gasteiger partial charge in [-0.2, -0.15) is 0 Å². The van der Waals surface area contributed by atoms with Crippen molar-refractivity contribution in [3.8, 4) is 44.5 Å². The van der Waals surface area contributed by atoms with Gasteiger partial charge in [0.25, 0.3) is 0 Å². The zero-order chi connectivity index (χ0) is 38.1. The van der Waals surface area contributed by atoms with Gasteiger partial charge in [-0.1, -0.05) is 159 Å². The molecule has 0 radical (unpaired) electrons. The van der Waals surface area contributed by atoms with Gasteiger partial charge in [-0.15, -0.1) is 0 Å². The van der Waals surface area contributed by atoms with E-state index in [-0.39, 0.29) is 5.41 Å². The van der Waals surface area contributed by atoms with Gasteiger partial charge < -0.3 is 9.32 Å². The second-order valence-corrected chi connectivity index (χ2v) is 15.7. The summed E-state index contributed by atoms with van der Waals surface area (Å²) in [5.41, 5.74) is 17.6. The largest absolute Gasteiger partial charge is 0.456 e. The summed E-state index contributed by atoms with van der Waals surface area (Å²) in [5.74, 6) is 0. The normalized spacial score (nSPS) is 12.9. The van der Waals surface area contributed by atoms with Gasteiger partial charge in [0.05, 0.1) is 0 Å². The smallest absolute Gasteiger partial charge is 0.136 e. The van der Waals surface area contributed by atoms with E-state index in [1.807, 2.05) is 12.1 Å². The maximum absolute atomic E-state index is 6.24. The molecule has 0 saturated heterocycles. The Morgan fingerprint density at radius 3 is 1.79 bits per heavy atom. The van der Waals surface area contributed by atoms with Gasteiger partial charge in [-0.05, 0) is 121 Å². The van der Waals surface area contributed by atoms with Crippen LogP contribution in [0.5, 0.6) is 0 Å². The number of fused-ring (bicyclic) bond motifs is 8. The minimum atomic E-state index is -0.0644. The Hall–Kier alpha value is -7.16. The van der Waals surface area contributed by atoms with E-state index in [4.69, 9.17) is 4.42 Å². The lowest BCUT2D eigenvalue weighted by molar-refractivity contribution is 0.660. The standard InChI is InChI=1S/C55H39NO/c1-55(2)50-19-11-9-17-46(50)49-35-43(28-31-51(49)55)56(41-25-21-37(22-26-41)36-13-5-3-6-14-36)42-27-30-44(48(34-42)38-15-7-4-8-16-38)39-23-29-45-40(33-39)24-32-53-54(45)47-18-10-12-20-52(47)57-53/h3-35H,1-2H3. The van der Waals surface area contributed by atoms with Crippen LogP contribution in [0, 0.1) is 0 Å². The summed E-state index contributed by atoms with van der Waals surface area (Å²) in [5, 5.41) is 4.71. The van der Waals surface area contributed by atoms with Gasteiger partial charge >= 0.3 is 0 Å². The molecule has 1 aromatic heterocycles. The van der Waals surface area contributed by atoms with Crippen molar-refractivity contribution < 1.29 is 4.42 Å². The Labute approximate surface area is 332 Å². The number of para-hydroxylation sites is 1. The van der Waals surface area contributed by atoms with Gasteiger partial charge in [0.1, 0.15) is 11.2 Å². The molecule has 0 atom stereocenters. The second kappa shape index (κ2) is 13.0. The summed E-state index contributed by atoms with van der Waals surface area (Å²) in [7, 11) is 0. The minimum absolute atomic E-state index is 0.0644. The van der Waals surface area contributed by atoms with Crippen molar-refractivity contribution >= 4 is 49.8 Å². The molecule has 2 nitrogen and oxygen atoms in total. The summed E-state index contributed by atoms with van der Waals surface area (Å²) in [4.78, 5) is 2.42. The number of rotatable bonds is 6. The molecule has 1 aliphatic rings. The number of hydrogen-bond donors (Lipinski definition) is 0. The summed E-state index contributed by atoms with van der Waals surface area (Å²) in [6.45, 7) is 4.68. The molecule has 0 unspecified atom stereocenters. The topological polar surface area (TPSA) is 16.4 Å². The van der Waals surface area contributed by atoms with Gasteiger partial charge in [-0.3, -0.25) is 0 Å². The number of nitrogens with zero attached hydrogens (tertiary/aromatic N) is 1. The molecule has 0 spiro atoms. The lowest BCUT2D eigenvalue weighted by Crippen LogP contribution is -2.15. The SMILES string of the molecule is CC1(C)c2ccccc2-c2cc(N(c3ccc(-c4ccccc4)cc3)c3ccc(-c4ccc5c(ccc6oc7ccccc7c65)c4)c(-c4ccccc4)c3)ccc21. The van der Waals surface area contributed by atoms with Crippen molar-refractivity contribution in [1.29, 1.82) is 0 Å². The first-order valence-electron chi connectivity index (χ1n) is 19.8. The molecule has 1 heterocycles. The maximum Gasteiger partial charge on any atom is 0.136 e. The van der Waals surface area contributed by atoms with Gasteiger partial charge in [-0.25, -0.2) is 0 Å². The molecule has 270 valence electrons. The molecule has 2 heteroatoms. The second-order valence-electron chi connectivity index (χ2n) is 15.7. The van der Waals surface area contributed by atoms with Gasteiger partial charge in [0.15, 0.2) is 0 Å². The van der Waals surface area contributed by atoms with Crippen molar-refractivity contribution in [3.63, 3.8) is 0 Å². The molecule has 57 heavy (non-hydrogen) atoms. The Bertz CT molecular complexity index is 3140. The van der Waals surface area contributed by atoms with Crippen molar-refractivity contribution in [2.24, 2.45) is 0 Å². The van der Waals surface area contributed by atoms with Crippen LogP contribution in [0.25, 0.3) is 77.2 Å². The maximum atomic E-state index is 6.24. The van der Waals surface area contributed by atoms with Crippen molar-refractivity contribution in [3.05, 3.63) is 211 Å². The van der Waals surface area contributed by atoms with E-state index >= 15 is 0 Å². The first-order valence-corrected chi connectivity index (χ1v) is 19.8. The van der Waals surface area contributed by atoms with Crippen LogP contribution in [0.3, 0.4) is 0 Å². The summed E-state index contributed by atoms with van der Waals surface area (Å²) in [6, 6.07) is 72.8. The van der Waals surface area contributed by atoms with E-state index in [0.717, 1.165) is 33.6 Å². The van der Waals surface area contributed by atoms with E-state index in [2.05, 4.69) is 207 Å². The number of hydrogen-bond acceptors (Lipinski definition) is 2. The average molecular weight is 730 g/mol. The van der Waals surface area contributed by atoms with E-state index in [9.17, 15) is 0 Å². The van der Waals surface area contributed by atoms with Crippen molar-refractivity contribution in [2.75, 3.05) is 4.90 Å². The highest BCUT2D eigenvalue weighted by atomic mass is 16.3. The molecule has 9 aromatic carbocycles. The first-order chi connectivity index (χ1) is 28.0. The molecule has 0 bridgehead atoms. The van der Waals surface area contributed by atoms with Crippen molar-refractivity contribution in [2.45, 2.75) is 19.3 Å². The van der Waals surface area contributed by atoms with E-state index in [1.54, 1.807) is 0 Å². The first kappa shape index (κ1) is 33.2. The van der Waals surface area contributed by atoms with Gasteiger partial charge in [0, 0.05) is 33.2 Å². The van der Waals surface area contributed by atoms with Crippen molar-refractivity contribution in [1.82, 2.24) is 0 Å². The van der Waals surface area contributed by atoms with Gasteiger partial charge in [0.2, 0.25) is 0 Å². The molecule has 11 rings (SSSR count). The Morgan fingerprint density at radius 1 is 0.368 bits per heavy atom. The molecular formula is C55H39NO. The number of benzene rings is 9. The van der Waals surface area contributed by atoms with Crippen LogP contribution in [-0.4, -0.2) is 0 Å². The van der Waals surface area contributed by atoms with Crippen LogP contribution < -0.4 is 4.90 Å². The third kappa shape index (κ3) is 5.40. The molecule has 0 saturated carbocycles. The fraction of sp³-hybridized carbons (Fsp3) is 0.0545. The number of furan rings is 1. The van der Waals surface area contributed by atoms with E-state index in [0.29, 0.717) is 0 Å². The summed E-state index contributed by atoms with van der Waals surface area (Å²) >= 11 is 0. The lowest BCUT2D eigenvalue weighted by atomic mass is 9.82. The average Bonchev–Trinajstić information content (AvgIpc) is 3.76. The van der Waals surface area contributed by atoms with Crippen LogP contribution in [0.15, 0.2) is 205 Å². The zero-order valence-corrected chi connectivity index (χ0v) is 31.9. The highest BCUT2D eigenvalue weighted by Gasteiger charge is 2.35. The van der Waals surface area contributed by atoms with Crippen LogP contribution in [0.1, 0.15) is 25.0 Å². The predicted molar refractivity (Wildman–Crippen MR) is 240 cm³/mol. The highest BCUT2D eigenvalue weighted by Crippen LogP contribution is 2.51. The fourth-order valence-corrected chi connectivity index (χ4v) is 9.23. The molecule has 1 aliphatic carbocycles. The number of anilines is 3. The highest BCUT2D eigenvalue weighted by molar-refractivity contribution is 6.19. The van der Waals surface area contributed by atoms with E-state index in [1.165, 1.54) is 71.8 Å². The summed E-state index contributed by atoms with van der Waals surface area (Å²) in [6.07, 6.45) is 0. The monoisotopic (exact) mass is 729 g/mol. The molecule has 0 fully saturated rings. The fourth-order valence-electron chi connectivity index (χ4n) is 9.23. The molecule has 0 aliphatic heterocycles. The van der Waals surface area contributed by atoms with Crippen LogP contribution >= 0.6 is 0 Å².